The van der Waals surface area contributed by atoms with E-state index in [0.717, 1.165) is 6.42 Å². The van der Waals surface area contributed by atoms with Crippen LogP contribution in [0, 0.1) is 5.41 Å². The van der Waals surface area contributed by atoms with E-state index in [0.29, 0.717) is 12.5 Å². The Hall–Kier alpha value is -0.280. The van der Waals surface area contributed by atoms with Crippen molar-refractivity contribution in [2.24, 2.45) is 11.1 Å². The molecule has 1 amide bonds. The van der Waals surface area contributed by atoms with Gasteiger partial charge < -0.3 is 11.1 Å². The maximum absolute atomic E-state index is 11.6. The molecule has 0 saturated heterocycles. The van der Waals surface area contributed by atoms with Crippen LogP contribution in [0.3, 0.4) is 0 Å². The summed E-state index contributed by atoms with van der Waals surface area (Å²) in [4.78, 5) is 11.6. The van der Waals surface area contributed by atoms with Crippen molar-refractivity contribution in [3.8, 4) is 0 Å². The van der Waals surface area contributed by atoms with E-state index < -0.39 is 0 Å². The third-order valence-electron chi connectivity index (χ3n) is 3.35. The highest BCUT2D eigenvalue weighted by molar-refractivity contribution is 5.85. The largest absolute Gasteiger partial charge is 0.353 e. The van der Waals surface area contributed by atoms with Crippen LogP contribution >= 0.6 is 12.4 Å². The fourth-order valence-electron chi connectivity index (χ4n) is 2.31. The molecule has 0 aromatic rings. The van der Waals surface area contributed by atoms with Gasteiger partial charge in [-0.2, -0.15) is 0 Å². The van der Waals surface area contributed by atoms with Crippen molar-refractivity contribution in [1.29, 1.82) is 0 Å². The molecule has 0 spiro atoms. The highest BCUT2D eigenvalue weighted by Crippen LogP contribution is 2.35. The molecule has 3 N–H and O–H groups in total. The molecule has 0 aliphatic heterocycles. The summed E-state index contributed by atoms with van der Waals surface area (Å²) in [6, 6.07) is 0.286. The number of hydrogen-bond donors (Lipinski definition) is 2. The molecule has 2 unspecified atom stereocenters. The van der Waals surface area contributed by atoms with Gasteiger partial charge in [-0.25, -0.2) is 0 Å². The topological polar surface area (TPSA) is 55.1 Å². The average Bonchev–Trinajstić information content (AvgIpc) is 2.07. The Balaban J connectivity index is 0.00000225. The number of carbonyl (C=O) groups is 1. The van der Waals surface area contributed by atoms with Crippen molar-refractivity contribution in [1.82, 2.24) is 5.32 Å². The monoisotopic (exact) mass is 248 g/mol. The summed E-state index contributed by atoms with van der Waals surface area (Å²) >= 11 is 0. The Morgan fingerprint density at radius 3 is 2.62 bits per heavy atom. The van der Waals surface area contributed by atoms with Crippen molar-refractivity contribution in [3.05, 3.63) is 0 Å². The second-order valence-corrected chi connectivity index (χ2v) is 5.54. The Labute approximate surface area is 105 Å². The molecule has 1 rings (SSSR count). The number of nitrogens with one attached hydrogen (secondary N) is 1. The number of hydrogen-bond acceptors (Lipinski definition) is 2. The van der Waals surface area contributed by atoms with E-state index in [1.54, 1.807) is 0 Å². The lowest BCUT2D eigenvalue weighted by Crippen LogP contribution is -2.47. The van der Waals surface area contributed by atoms with E-state index in [4.69, 9.17) is 5.73 Å². The molecule has 96 valence electrons. The highest BCUT2D eigenvalue weighted by Gasteiger charge is 2.32. The molecule has 0 bridgehead atoms. The average molecular weight is 249 g/mol. The maximum atomic E-state index is 11.6. The van der Waals surface area contributed by atoms with Crippen LogP contribution in [-0.2, 0) is 4.79 Å². The van der Waals surface area contributed by atoms with Crippen LogP contribution in [0.5, 0.6) is 0 Å². The van der Waals surface area contributed by atoms with Crippen LogP contribution in [0.2, 0.25) is 0 Å². The Kier molecular flexibility index (Phi) is 6.34. The predicted molar refractivity (Wildman–Crippen MR) is 69.7 cm³/mol. The molecule has 0 aromatic carbocycles. The molecule has 1 aliphatic carbocycles. The third kappa shape index (κ3) is 4.71. The molecule has 0 radical (unpaired) electrons. The predicted octanol–water partition coefficient (Wildman–Crippen LogP) is 2.23. The zero-order valence-corrected chi connectivity index (χ0v) is 11.4. The van der Waals surface area contributed by atoms with Crippen molar-refractivity contribution in [2.45, 2.75) is 65.0 Å². The van der Waals surface area contributed by atoms with E-state index >= 15 is 0 Å². The first-order chi connectivity index (χ1) is 6.92. The van der Waals surface area contributed by atoms with Gasteiger partial charge >= 0.3 is 0 Å². The fourth-order valence-corrected chi connectivity index (χ4v) is 2.31. The first-order valence-corrected chi connectivity index (χ1v) is 5.97. The molecule has 1 saturated carbocycles. The zero-order chi connectivity index (χ0) is 11.5. The van der Waals surface area contributed by atoms with E-state index in [1.165, 1.54) is 19.3 Å². The summed E-state index contributed by atoms with van der Waals surface area (Å²) in [5, 5.41) is 3.12. The molecule has 0 heterocycles. The first kappa shape index (κ1) is 15.7. The summed E-state index contributed by atoms with van der Waals surface area (Å²) in [6.45, 7) is 6.34. The second-order valence-electron chi connectivity index (χ2n) is 5.54. The summed E-state index contributed by atoms with van der Waals surface area (Å²) in [5.74, 6) is 0.102. The quantitative estimate of drug-likeness (QED) is 0.805. The molecule has 0 aromatic heterocycles. The van der Waals surface area contributed by atoms with Crippen LogP contribution < -0.4 is 11.1 Å². The SMILES string of the molecule is CC(N)CC(=O)NC1CCCCC1(C)C.Cl. The summed E-state index contributed by atoms with van der Waals surface area (Å²) in [5.41, 5.74) is 5.85. The van der Waals surface area contributed by atoms with Crippen LogP contribution in [0.15, 0.2) is 0 Å². The lowest BCUT2D eigenvalue weighted by atomic mass is 9.73. The molecule has 3 nitrogen and oxygen atoms in total. The number of amides is 1. The smallest absolute Gasteiger partial charge is 0.221 e. The molecular formula is C12H25ClN2O. The molecule has 16 heavy (non-hydrogen) atoms. The number of carbonyl (C=O) groups excluding carboxylic acids is 1. The van der Waals surface area contributed by atoms with Gasteiger partial charge in [0.15, 0.2) is 0 Å². The Morgan fingerprint density at radius 1 is 1.50 bits per heavy atom. The van der Waals surface area contributed by atoms with Gasteiger partial charge in [-0.1, -0.05) is 26.7 Å². The Bertz CT molecular complexity index is 229. The molecular weight excluding hydrogens is 224 g/mol. The summed E-state index contributed by atoms with van der Waals surface area (Å²) < 4.78 is 0. The molecule has 1 aliphatic rings. The van der Waals surface area contributed by atoms with E-state index in [9.17, 15) is 4.79 Å². The second kappa shape index (κ2) is 6.45. The minimum Gasteiger partial charge on any atom is -0.353 e. The van der Waals surface area contributed by atoms with Crippen molar-refractivity contribution < 1.29 is 4.79 Å². The van der Waals surface area contributed by atoms with Crippen LogP contribution in [0.4, 0.5) is 0 Å². The third-order valence-corrected chi connectivity index (χ3v) is 3.35. The van der Waals surface area contributed by atoms with Gasteiger partial charge in [-0.15, -0.1) is 12.4 Å². The summed E-state index contributed by atoms with van der Waals surface area (Å²) in [7, 11) is 0. The van der Waals surface area contributed by atoms with E-state index in [1.807, 2.05) is 6.92 Å². The van der Waals surface area contributed by atoms with Crippen LogP contribution in [0.25, 0.3) is 0 Å². The van der Waals surface area contributed by atoms with Gasteiger partial charge in [0.1, 0.15) is 0 Å². The summed E-state index contributed by atoms with van der Waals surface area (Å²) in [6.07, 6.45) is 5.26. The fraction of sp³-hybridized carbons (Fsp3) is 0.917. The normalized spacial score (nSPS) is 25.4. The van der Waals surface area contributed by atoms with Crippen molar-refractivity contribution in [2.75, 3.05) is 0 Å². The van der Waals surface area contributed by atoms with Crippen LogP contribution in [-0.4, -0.2) is 18.0 Å². The van der Waals surface area contributed by atoms with Crippen molar-refractivity contribution in [3.63, 3.8) is 0 Å². The highest BCUT2D eigenvalue weighted by atomic mass is 35.5. The number of halogens is 1. The van der Waals surface area contributed by atoms with Gasteiger partial charge in [0, 0.05) is 18.5 Å². The van der Waals surface area contributed by atoms with Gasteiger partial charge in [0.05, 0.1) is 0 Å². The van der Waals surface area contributed by atoms with Gasteiger partial charge in [0.25, 0.3) is 0 Å². The standard InChI is InChI=1S/C12H24N2O.ClH/c1-9(13)8-11(15)14-10-6-4-5-7-12(10,2)3;/h9-10H,4-8,13H2,1-3H3,(H,14,15);1H. The molecule has 2 atom stereocenters. The van der Waals surface area contributed by atoms with Gasteiger partial charge in [-0.3, -0.25) is 4.79 Å². The zero-order valence-electron chi connectivity index (χ0n) is 10.6. The minimum absolute atomic E-state index is 0. The maximum Gasteiger partial charge on any atom is 0.221 e. The van der Waals surface area contributed by atoms with Gasteiger partial charge in [0.2, 0.25) is 5.91 Å². The van der Waals surface area contributed by atoms with Crippen molar-refractivity contribution >= 4 is 18.3 Å². The first-order valence-electron chi connectivity index (χ1n) is 5.97. The lowest BCUT2D eigenvalue weighted by Gasteiger charge is -2.39. The van der Waals surface area contributed by atoms with E-state index in [2.05, 4.69) is 19.2 Å². The lowest BCUT2D eigenvalue weighted by molar-refractivity contribution is -0.123. The molecule has 4 heteroatoms. The van der Waals surface area contributed by atoms with Crippen LogP contribution in [0.1, 0.15) is 52.9 Å². The van der Waals surface area contributed by atoms with E-state index in [-0.39, 0.29) is 29.8 Å². The minimum atomic E-state index is -0.0447. The van der Waals surface area contributed by atoms with Gasteiger partial charge in [-0.05, 0) is 25.2 Å². The number of rotatable bonds is 3. The molecule has 1 fully saturated rings. The Morgan fingerprint density at radius 2 is 2.12 bits per heavy atom. The number of nitrogens with two attached hydrogens (primary N) is 1.